The molecule has 148 valence electrons. The van der Waals surface area contributed by atoms with Gasteiger partial charge in [-0.25, -0.2) is 4.79 Å². The van der Waals surface area contributed by atoms with Gasteiger partial charge >= 0.3 is 5.97 Å². The molecule has 0 unspecified atom stereocenters. The molecule has 0 atom stereocenters. The summed E-state index contributed by atoms with van der Waals surface area (Å²) >= 11 is 6.20. The molecule has 0 heterocycles. The lowest BCUT2D eigenvalue weighted by atomic mass is 10.2. The summed E-state index contributed by atoms with van der Waals surface area (Å²) in [4.78, 5) is 15.1. The number of methoxy groups -OCH3 is 1. The molecule has 29 heavy (non-hydrogen) atoms. The first-order valence-corrected chi connectivity index (χ1v) is 9.02. The Kier molecular flexibility index (Phi) is 6.71. The largest absolute Gasteiger partial charge is 0.493 e. The first-order chi connectivity index (χ1) is 14.0. The lowest BCUT2D eigenvalue weighted by molar-refractivity contribution is -0.139. The predicted molar refractivity (Wildman–Crippen MR) is 111 cm³/mol. The Morgan fingerprint density at radius 2 is 1.76 bits per heavy atom. The molecule has 7 heteroatoms. The third-order valence-electron chi connectivity index (χ3n) is 3.77. The van der Waals surface area contributed by atoms with Crippen LogP contribution in [0.5, 0.6) is 23.0 Å². The van der Waals surface area contributed by atoms with Crippen molar-refractivity contribution in [1.82, 2.24) is 0 Å². The molecule has 0 aliphatic heterocycles. The number of benzene rings is 3. The van der Waals surface area contributed by atoms with Crippen molar-refractivity contribution in [1.29, 1.82) is 0 Å². The molecular formula is C22H18ClNO5. The van der Waals surface area contributed by atoms with Crippen molar-refractivity contribution >= 4 is 29.5 Å². The number of aliphatic imine (C=N–C) groups is 1. The summed E-state index contributed by atoms with van der Waals surface area (Å²) in [5.41, 5.74) is 1.41. The molecule has 0 saturated heterocycles. The number of carbonyl (C=O) groups is 1. The van der Waals surface area contributed by atoms with Gasteiger partial charge in [0.2, 0.25) is 0 Å². The Hall–Kier alpha value is -3.51. The third kappa shape index (κ3) is 5.73. The summed E-state index contributed by atoms with van der Waals surface area (Å²) in [5.74, 6) is 0.867. The van der Waals surface area contributed by atoms with Gasteiger partial charge in [0.1, 0.15) is 11.5 Å². The van der Waals surface area contributed by atoms with Gasteiger partial charge < -0.3 is 19.3 Å². The SMILES string of the molecule is COc1cc(C=Nc2ccc(Oc3ccccc3)cc2)cc(Cl)c1OCC(=O)O. The van der Waals surface area contributed by atoms with Crippen LogP contribution in [0, 0.1) is 0 Å². The minimum atomic E-state index is -1.10. The van der Waals surface area contributed by atoms with E-state index in [0.717, 1.165) is 11.4 Å². The third-order valence-corrected chi connectivity index (χ3v) is 4.05. The zero-order valence-corrected chi connectivity index (χ0v) is 16.3. The van der Waals surface area contributed by atoms with Crippen LogP contribution in [0.1, 0.15) is 5.56 Å². The smallest absolute Gasteiger partial charge is 0.341 e. The van der Waals surface area contributed by atoms with Gasteiger partial charge in [0.15, 0.2) is 18.1 Å². The number of ether oxygens (including phenoxy) is 3. The number of hydrogen-bond donors (Lipinski definition) is 1. The van der Waals surface area contributed by atoms with Crippen molar-refractivity contribution in [2.24, 2.45) is 4.99 Å². The van der Waals surface area contributed by atoms with Crippen molar-refractivity contribution in [2.75, 3.05) is 13.7 Å². The molecule has 3 aromatic rings. The topological polar surface area (TPSA) is 77.3 Å². The highest BCUT2D eigenvalue weighted by Gasteiger charge is 2.13. The summed E-state index contributed by atoms with van der Waals surface area (Å²) < 4.78 is 16.2. The molecule has 3 aromatic carbocycles. The first-order valence-electron chi connectivity index (χ1n) is 8.64. The number of rotatable bonds is 8. The van der Waals surface area contributed by atoms with E-state index >= 15 is 0 Å². The van der Waals surface area contributed by atoms with Crippen LogP contribution >= 0.6 is 11.6 Å². The lowest BCUT2D eigenvalue weighted by Gasteiger charge is -2.11. The lowest BCUT2D eigenvalue weighted by Crippen LogP contribution is -2.10. The van der Waals surface area contributed by atoms with E-state index in [1.165, 1.54) is 7.11 Å². The average molecular weight is 412 g/mol. The van der Waals surface area contributed by atoms with Crippen LogP contribution in [-0.2, 0) is 4.79 Å². The number of para-hydroxylation sites is 1. The maximum atomic E-state index is 10.7. The fourth-order valence-corrected chi connectivity index (χ4v) is 2.74. The van der Waals surface area contributed by atoms with E-state index in [1.807, 2.05) is 54.6 Å². The number of hydrogen-bond acceptors (Lipinski definition) is 5. The Labute approximate surface area is 173 Å². The van der Waals surface area contributed by atoms with Gasteiger partial charge in [-0.1, -0.05) is 29.8 Å². The summed E-state index contributed by atoms with van der Waals surface area (Å²) in [6, 6.07) is 20.1. The van der Waals surface area contributed by atoms with Gasteiger partial charge in [0.25, 0.3) is 0 Å². The van der Waals surface area contributed by atoms with Gasteiger partial charge in [-0.15, -0.1) is 0 Å². The number of halogens is 1. The van der Waals surface area contributed by atoms with Crippen LogP contribution in [0.3, 0.4) is 0 Å². The fourth-order valence-electron chi connectivity index (χ4n) is 2.46. The molecule has 0 radical (unpaired) electrons. The van der Waals surface area contributed by atoms with E-state index in [2.05, 4.69) is 4.99 Å². The molecule has 0 bridgehead atoms. The quantitative estimate of drug-likeness (QED) is 0.505. The Balaban J connectivity index is 1.72. The molecule has 3 rings (SSSR count). The summed E-state index contributed by atoms with van der Waals surface area (Å²) in [5, 5.41) is 8.99. The summed E-state index contributed by atoms with van der Waals surface area (Å²) in [6.07, 6.45) is 1.63. The second-order valence-corrected chi connectivity index (χ2v) is 6.29. The van der Waals surface area contributed by atoms with Crippen LogP contribution in [0.4, 0.5) is 5.69 Å². The van der Waals surface area contributed by atoms with Crippen molar-refractivity contribution < 1.29 is 24.1 Å². The predicted octanol–water partition coefficient (Wildman–Crippen LogP) is 5.35. The van der Waals surface area contributed by atoms with Crippen molar-refractivity contribution in [3.8, 4) is 23.0 Å². The van der Waals surface area contributed by atoms with E-state index in [4.69, 9.17) is 30.9 Å². The standard InChI is InChI=1S/C22H18ClNO5/c1-27-20-12-15(11-19(23)22(20)28-14-21(25)26)13-24-16-7-9-18(10-8-16)29-17-5-3-2-4-6-17/h2-13H,14H2,1H3,(H,25,26). The van der Waals surface area contributed by atoms with Crippen molar-refractivity contribution in [2.45, 2.75) is 0 Å². The molecule has 1 N–H and O–H groups in total. The Bertz CT molecular complexity index is 1000. The maximum absolute atomic E-state index is 10.7. The second-order valence-electron chi connectivity index (χ2n) is 5.88. The minimum absolute atomic E-state index is 0.177. The zero-order valence-electron chi connectivity index (χ0n) is 15.5. The number of carboxylic acids is 1. The van der Waals surface area contributed by atoms with E-state index < -0.39 is 12.6 Å². The van der Waals surface area contributed by atoms with Crippen LogP contribution in [-0.4, -0.2) is 31.0 Å². The first kappa shape index (κ1) is 20.2. The zero-order chi connectivity index (χ0) is 20.6. The molecule has 0 fully saturated rings. The molecule has 0 aromatic heterocycles. The maximum Gasteiger partial charge on any atom is 0.341 e. The normalized spacial score (nSPS) is 10.7. The Morgan fingerprint density at radius 3 is 2.41 bits per heavy atom. The van der Waals surface area contributed by atoms with Gasteiger partial charge in [0, 0.05) is 6.21 Å². The van der Waals surface area contributed by atoms with Crippen LogP contribution < -0.4 is 14.2 Å². The molecule has 0 aliphatic rings. The van der Waals surface area contributed by atoms with Gasteiger partial charge in [0.05, 0.1) is 17.8 Å². The monoisotopic (exact) mass is 411 g/mol. The van der Waals surface area contributed by atoms with Crippen LogP contribution in [0.15, 0.2) is 71.7 Å². The molecular weight excluding hydrogens is 394 g/mol. The van der Waals surface area contributed by atoms with E-state index in [-0.39, 0.29) is 10.8 Å². The van der Waals surface area contributed by atoms with E-state index in [0.29, 0.717) is 17.1 Å². The average Bonchev–Trinajstić information content (AvgIpc) is 2.72. The van der Waals surface area contributed by atoms with Gasteiger partial charge in [-0.3, -0.25) is 4.99 Å². The van der Waals surface area contributed by atoms with Gasteiger partial charge in [-0.05, 0) is 54.1 Å². The molecule has 0 aliphatic carbocycles. The molecule has 0 amide bonds. The molecule has 6 nitrogen and oxygen atoms in total. The fraction of sp³-hybridized carbons (Fsp3) is 0.0909. The van der Waals surface area contributed by atoms with E-state index in [1.54, 1.807) is 18.3 Å². The number of carboxylic acid groups (broad SMARTS) is 1. The highest BCUT2D eigenvalue weighted by molar-refractivity contribution is 6.32. The van der Waals surface area contributed by atoms with Gasteiger partial charge in [-0.2, -0.15) is 0 Å². The highest BCUT2D eigenvalue weighted by Crippen LogP contribution is 2.36. The van der Waals surface area contributed by atoms with Crippen molar-refractivity contribution in [3.63, 3.8) is 0 Å². The van der Waals surface area contributed by atoms with E-state index in [9.17, 15) is 4.79 Å². The summed E-state index contributed by atoms with van der Waals surface area (Å²) in [6.45, 7) is -0.513. The number of aliphatic carboxylic acids is 1. The van der Waals surface area contributed by atoms with Crippen molar-refractivity contribution in [3.05, 3.63) is 77.3 Å². The van der Waals surface area contributed by atoms with Crippen LogP contribution in [0.25, 0.3) is 0 Å². The summed E-state index contributed by atoms with van der Waals surface area (Å²) in [7, 11) is 1.45. The van der Waals surface area contributed by atoms with Crippen LogP contribution in [0.2, 0.25) is 5.02 Å². The highest BCUT2D eigenvalue weighted by atomic mass is 35.5. The molecule has 0 saturated carbocycles. The molecule has 0 spiro atoms. The second kappa shape index (κ2) is 9.61. The Morgan fingerprint density at radius 1 is 1.07 bits per heavy atom. The number of nitrogens with zero attached hydrogens (tertiary/aromatic N) is 1. The minimum Gasteiger partial charge on any atom is -0.493 e.